The molecule has 1 atom stereocenters. The molecule has 1 unspecified atom stereocenters. The third kappa shape index (κ3) is 3.28. The fourth-order valence-electron chi connectivity index (χ4n) is 4.10. The summed E-state index contributed by atoms with van der Waals surface area (Å²) >= 11 is 0. The van der Waals surface area contributed by atoms with E-state index in [2.05, 4.69) is 44.2 Å². The predicted octanol–water partition coefficient (Wildman–Crippen LogP) is 5.25. The lowest BCUT2D eigenvalue weighted by Crippen LogP contribution is -2.30. The Bertz CT molecular complexity index is 796. The zero-order chi connectivity index (χ0) is 18.7. The Morgan fingerprint density at radius 2 is 1.85 bits per heavy atom. The van der Waals surface area contributed by atoms with Gasteiger partial charge < -0.3 is 15.2 Å². The first-order valence-corrected chi connectivity index (χ1v) is 9.35. The van der Waals surface area contributed by atoms with Gasteiger partial charge in [0.25, 0.3) is 0 Å². The number of hydrogen-bond donors (Lipinski definition) is 1. The molecule has 0 bridgehead atoms. The fraction of sp³-hybridized carbons (Fsp3) is 0.409. The number of hydrogen-bond acceptors (Lipinski definition) is 3. The topological polar surface area (TPSA) is 61.6 Å². The van der Waals surface area contributed by atoms with Crippen molar-refractivity contribution in [2.24, 2.45) is 11.1 Å². The highest BCUT2D eigenvalue weighted by Crippen LogP contribution is 2.52. The second kappa shape index (κ2) is 7.40. The van der Waals surface area contributed by atoms with Gasteiger partial charge in [-0.25, -0.2) is 4.79 Å². The van der Waals surface area contributed by atoms with E-state index in [9.17, 15) is 4.79 Å². The molecule has 4 heteroatoms. The van der Waals surface area contributed by atoms with Gasteiger partial charge in [-0.05, 0) is 60.6 Å². The van der Waals surface area contributed by atoms with Crippen LogP contribution in [0, 0.1) is 5.41 Å². The molecular weight excluding hydrogens is 326 g/mol. The van der Waals surface area contributed by atoms with Crippen LogP contribution in [0.3, 0.4) is 0 Å². The minimum absolute atomic E-state index is 0.0802. The predicted molar refractivity (Wildman–Crippen MR) is 103 cm³/mol. The Labute approximate surface area is 155 Å². The second-order valence-electron chi connectivity index (χ2n) is 6.94. The van der Waals surface area contributed by atoms with E-state index < -0.39 is 6.09 Å². The summed E-state index contributed by atoms with van der Waals surface area (Å²) in [5.74, 6) is 0.872. The van der Waals surface area contributed by atoms with E-state index in [1.807, 2.05) is 19.1 Å². The summed E-state index contributed by atoms with van der Waals surface area (Å²) < 4.78 is 11.2. The number of amides is 1. The number of fused-ring (bicyclic) bond motifs is 1. The molecule has 0 saturated heterocycles. The second-order valence-corrected chi connectivity index (χ2v) is 6.94. The molecule has 0 aromatic heterocycles. The van der Waals surface area contributed by atoms with E-state index >= 15 is 0 Å². The lowest BCUT2D eigenvalue weighted by Gasteiger charge is -2.32. The van der Waals surface area contributed by atoms with E-state index in [1.165, 1.54) is 5.56 Å². The van der Waals surface area contributed by atoms with Crippen molar-refractivity contribution in [2.45, 2.75) is 46.1 Å². The van der Waals surface area contributed by atoms with Crippen LogP contribution in [0.1, 0.15) is 50.8 Å². The van der Waals surface area contributed by atoms with Crippen molar-refractivity contribution in [3.8, 4) is 16.9 Å². The van der Waals surface area contributed by atoms with Gasteiger partial charge in [0.1, 0.15) is 11.9 Å². The molecule has 0 saturated carbocycles. The van der Waals surface area contributed by atoms with Gasteiger partial charge in [-0.15, -0.1) is 0 Å². The minimum atomic E-state index is -0.706. The van der Waals surface area contributed by atoms with Crippen LogP contribution in [0.25, 0.3) is 11.1 Å². The number of carbonyl (C=O) groups excluding carboxylic acids is 1. The monoisotopic (exact) mass is 353 g/mol. The van der Waals surface area contributed by atoms with E-state index in [4.69, 9.17) is 15.2 Å². The van der Waals surface area contributed by atoms with Crippen LogP contribution < -0.4 is 10.5 Å². The van der Waals surface area contributed by atoms with Crippen molar-refractivity contribution in [3.05, 3.63) is 53.6 Å². The molecule has 26 heavy (non-hydrogen) atoms. The Balaban J connectivity index is 1.99. The maximum absolute atomic E-state index is 11.5. The summed E-state index contributed by atoms with van der Waals surface area (Å²) in [6, 6.07) is 14.5. The summed E-state index contributed by atoms with van der Waals surface area (Å²) in [6.45, 7) is 6.93. The Morgan fingerprint density at radius 1 is 1.12 bits per heavy atom. The lowest BCUT2D eigenvalue weighted by molar-refractivity contribution is 0.0140. The van der Waals surface area contributed by atoms with Crippen molar-refractivity contribution in [3.63, 3.8) is 0 Å². The quantitative estimate of drug-likeness (QED) is 0.771. The highest BCUT2D eigenvalue weighted by molar-refractivity contribution is 5.68. The molecule has 0 radical (unpaired) electrons. The van der Waals surface area contributed by atoms with Crippen molar-refractivity contribution in [2.75, 3.05) is 6.61 Å². The number of ether oxygens (including phenoxy) is 2. The van der Waals surface area contributed by atoms with Crippen LogP contribution in [0.2, 0.25) is 0 Å². The van der Waals surface area contributed by atoms with Crippen LogP contribution in [0.15, 0.2) is 42.5 Å². The van der Waals surface area contributed by atoms with E-state index in [1.54, 1.807) is 0 Å². The number of benzene rings is 2. The van der Waals surface area contributed by atoms with E-state index in [-0.39, 0.29) is 11.5 Å². The van der Waals surface area contributed by atoms with Crippen molar-refractivity contribution >= 4 is 6.09 Å². The summed E-state index contributed by atoms with van der Waals surface area (Å²) in [5.41, 5.74) is 9.85. The van der Waals surface area contributed by atoms with Crippen molar-refractivity contribution in [1.29, 1.82) is 0 Å². The molecule has 0 aliphatic heterocycles. The zero-order valence-corrected chi connectivity index (χ0v) is 15.7. The molecular formula is C22H27NO3. The van der Waals surface area contributed by atoms with Crippen LogP contribution in [0.5, 0.6) is 5.75 Å². The van der Waals surface area contributed by atoms with Crippen LogP contribution in [-0.4, -0.2) is 12.7 Å². The average molecular weight is 353 g/mol. The molecule has 138 valence electrons. The standard InChI is InChI=1S/C22H27NO3/c1-4-22(5-2)14-17-12-16(10-11-19(17)20(22)26-21(23)24)15-8-7-9-18(13-15)25-6-3/h7-13,20H,4-6,14H2,1-3H3,(H2,23,24). The van der Waals surface area contributed by atoms with Crippen molar-refractivity contribution < 1.29 is 14.3 Å². The molecule has 3 rings (SSSR count). The van der Waals surface area contributed by atoms with Crippen LogP contribution >= 0.6 is 0 Å². The third-order valence-corrected chi connectivity index (χ3v) is 5.64. The number of carbonyl (C=O) groups is 1. The highest BCUT2D eigenvalue weighted by Gasteiger charge is 2.46. The third-order valence-electron chi connectivity index (χ3n) is 5.64. The highest BCUT2D eigenvalue weighted by atomic mass is 16.6. The largest absolute Gasteiger partial charge is 0.494 e. The summed E-state index contributed by atoms with van der Waals surface area (Å²) in [5, 5.41) is 0. The first-order valence-electron chi connectivity index (χ1n) is 9.35. The maximum Gasteiger partial charge on any atom is 0.405 e. The van der Waals surface area contributed by atoms with Gasteiger partial charge in [-0.2, -0.15) is 0 Å². The van der Waals surface area contributed by atoms with Gasteiger partial charge in [0.2, 0.25) is 0 Å². The normalized spacial score (nSPS) is 17.6. The van der Waals surface area contributed by atoms with Crippen LogP contribution in [0.4, 0.5) is 4.79 Å². The van der Waals surface area contributed by atoms with Crippen molar-refractivity contribution in [1.82, 2.24) is 0 Å². The molecule has 1 aliphatic carbocycles. The summed E-state index contributed by atoms with van der Waals surface area (Å²) in [6.07, 6.45) is 1.79. The van der Waals surface area contributed by atoms with Gasteiger partial charge in [0, 0.05) is 5.41 Å². The number of rotatable bonds is 6. The maximum atomic E-state index is 11.5. The molecule has 2 N–H and O–H groups in total. The minimum Gasteiger partial charge on any atom is -0.494 e. The van der Waals surface area contributed by atoms with Gasteiger partial charge >= 0.3 is 6.09 Å². The first kappa shape index (κ1) is 18.3. The Hall–Kier alpha value is -2.49. The first-order chi connectivity index (χ1) is 12.5. The van der Waals surface area contributed by atoms with Crippen LogP contribution in [-0.2, 0) is 11.2 Å². The summed E-state index contributed by atoms with van der Waals surface area (Å²) in [4.78, 5) is 11.5. The summed E-state index contributed by atoms with van der Waals surface area (Å²) in [7, 11) is 0. The Kier molecular flexibility index (Phi) is 5.21. The molecule has 1 aliphatic rings. The van der Waals surface area contributed by atoms with Gasteiger partial charge in [0.15, 0.2) is 0 Å². The molecule has 0 spiro atoms. The Morgan fingerprint density at radius 3 is 2.50 bits per heavy atom. The molecule has 0 fully saturated rings. The average Bonchev–Trinajstić information content (AvgIpc) is 2.95. The fourth-order valence-corrected chi connectivity index (χ4v) is 4.10. The number of primary amides is 1. The van der Waals surface area contributed by atoms with Gasteiger partial charge in [-0.3, -0.25) is 0 Å². The molecule has 1 amide bonds. The molecule has 0 heterocycles. The molecule has 4 nitrogen and oxygen atoms in total. The van der Waals surface area contributed by atoms with E-state index in [0.717, 1.165) is 41.7 Å². The lowest BCUT2D eigenvalue weighted by atomic mass is 9.77. The van der Waals surface area contributed by atoms with Gasteiger partial charge in [0.05, 0.1) is 6.61 Å². The molecule has 2 aromatic carbocycles. The SMILES string of the molecule is CCOc1cccc(-c2ccc3c(c2)CC(CC)(CC)C3OC(N)=O)c1. The zero-order valence-electron chi connectivity index (χ0n) is 15.7. The van der Waals surface area contributed by atoms with E-state index in [0.29, 0.717) is 6.61 Å². The molecule has 2 aromatic rings. The number of nitrogens with two attached hydrogens (primary N) is 1. The smallest absolute Gasteiger partial charge is 0.405 e. The van der Waals surface area contributed by atoms with Gasteiger partial charge in [-0.1, -0.05) is 44.2 Å².